The van der Waals surface area contributed by atoms with Crippen LogP contribution in [0.3, 0.4) is 0 Å². The van der Waals surface area contributed by atoms with Crippen molar-refractivity contribution in [2.45, 2.75) is 6.92 Å². The minimum absolute atomic E-state index is 0.135. The van der Waals surface area contributed by atoms with E-state index >= 15 is 0 Å². The Labute approximate surface area is 116 Å². The summed E-state index contributed by atoms with van der Waals surface area (Å²) in [6.45, 7) is 2.29. The third-order valence-corrected chi connectivity index (χ3v) is 2.35. The van der Waals surface area contributed by atoms with Crippen LogP contribution in [0.1, 0.15) is 6.92 Å². The maximum absolute atomic E-state index is 11.2. The zero-order valence-electron chi connectivity index (χ0n) is 11.1. The van der Waals surface area contributed by atoms with Gasteiger partial charge in [0, 0.05) is 18.1 Å². The van der Waals surface area contributed by atoms with Crippen LogP contribution >= 0.6 is 0 Å². The van der Waals surface area contributed by atoms with Crippen molar-refractivity contribution in [3.63, 3.8) is 0 Å². The smallest absolute Gasteiger partial charge is 0.325 e. The van der Waals surface area contributed by atoms with Crippen molar-refractivity contribution in [2.24, 2.45) is 0 Å². The highest BCUT2D eigenvalue weighted by Crippen LogP contribution is 2.19. The van der Waals surface area contributed by atoms with Gasteiger partial charge in [-0.1, -0.05) is 0 Å². The molecule has 6 heteroatoms. The van der Waals surface area contributed by atoms with Crippen molar-refractivity contribution in [1.29, 1.82) is 0 Å². The number of nitrogens with one attached hydrogen (secondary N) is 1. The SMILES string of the molecule is CCOC(=O)CNc1ccc(Oc2ncccn2)cc1. The minimum atomic E-state index is -0.287. The van der Waals surface area contributed by atoms with E-state index in [1.165, 1.54) is 0 Å². The lowest BCUT2D eigenvalue weighted by Crippen LogP contribution is -2.16. The first-order valence-electron chi connectivity index (χ1n) is 6.22. The Morgan fingerprint density at radius 3 is 2.55 bits per heavy atom. The van der Waals surface area contributed by atoms with Gasteiger partial charge in [0.15, 0.2) is 0 Å². The molecule has 0 bridgehead atoms. The molecule has 0 saturated heterocycles. The molecule has 1 aromatic heterocycles. The molecule has 0 fully saturated rings. The Hall–Kier alpha value is -2.63. The molecule has 104 valence electrons. The Morgan fingerprint density at radius 1 is 1.20 bits per heavy atom. The van der Waals surface area contributed by atoms with Crippen LogP contribution in [0, 0.1) is 0 Å². The topological polar surface area (TPSA) is 73.3 Å². The molecule has 20 heavy (non-hydrogen) atoms. The van der Waals surface area contributed by atoms with E-state index in [1.807, 2.05) is 0 Å². The van der Waals surface area contributed by atoms with Gasteiger partial charge in [-0.15, -0.1) is 0 Å². The molecule has 0 aliphatic carbocycles. The second kappa shape index (κ2) is 7.08. The Morgan fingerprint density at radius 2 is 1.90 bits per heavy atom. The zero-order chi connectivity index (χ0) is 14.2. The van der Waals surface area contributed by atoms with E-state index in [1.54, 1.807) is 49.6 Å². The van der Waals surface area contributed by atoms with Gasteiger partial charge < -0.3 is 14.8 Å². The number of rotatable bonds is 6. The van der Waals surface area contributed by atoms with Gasteiger partial charge in [-0.2, -0.15) is 0 Å². The number of anilines is 1. The maximum atomic E-state index is 11.2. The first-order chi connectivity index (χ1) is 9.78. The average molecular weight is 273 g/mol. The number of aromatic nitrogens is 2. The van der Waals surface area contributed by atoms with Gasteiger partial charge in [-0.05, 0) is 37.3 Å². The largest absolute Gasteiger partial charge is 0.465 e. The van der Waals surface area contributed by atoms with Crippen LogP contribution in [0.15, 0.2) is 42.7 Å². The van der Waals surface area contributed by atoms with Crippen LogP contribution in [-0.4, -0.2) is 29.1 Å². The van der Waals surface area contributed by atoms with Gasteiger partial charge in [0.25, 0.3) is 0 Å². The van der Waals surface area contributed by atoms with E-state index in [2.05, 4.69) is 15.3 Å². The maximum Gasteiger partial charge on any atom is 0.325 e. The molecule has 0 unspecified atom stereocenters. The average Bonchev–Trinajstić information content (AvgIpc) is 2.48. The monoisotopic (exact) mass is 273 g/mol. The van der Waals surface area contributed by atoms with Crippen LogP contribution < -0.4 is 10.1 Å². The number of hydrogen-bond acceptors (Lipinski definition) is 6. The van der Waals surface area contributed by atoms with Crippen LogP contribution in [0.4, 0.5) is 5.69 Å². The molecule has 0 spiro atoms. The quantitative estimate of drug-likeness (QED) is 0.814. The summed E-state index contributed by atoms with van der Waals surface area (Å²) < 4.78 is 10.3. The molecule has 1 heterocycles. The summed E-state index contributed by atoms with van der Waals surface area (Å²) in [6.07, 6.45) is 3.22. The van der Waals surface area contributed by atoms with E-state index in [9.17, 15) is 4.79 Å². The van der Waals surface area contributed by atoms with Crippen molar-refractivity contribution in [3.8, 4) is 11.8 Å². The highest BCUT2D eigenvalue weighted by atomic mass is 16.5. The first kappa shape index (κ1) is 13.8. The fourth-order valence-electron chi connectivity index (χ4n) is 1.47. The number of ether oxygens (including phenoxy) is 2. The van der Waals surface area contributed by atoms with Gasteiger partial charge >= 0.3 is 12.0 Å². The predicted molar refractivity (Wildman–Crippen MR) is 73.7 cm³/mol. The van der Waals surface area contributed by atoms with Crippen LogP contribution in [-0.2, 0) is 9.53 Å². The van der Waals surface area contributed by atoms with E-state index in [4.69, 9.17) is 9.47 Å². The third-order valence-electron chi connectivity index (χ3n) is 2.35. The molecule has 6 nitrogen and oxygen atoms in total. The highest BCUT2D eigenvalue weighted by Gasteiger charge is 2.02. The van der Waals surface area contributed by atoms with Crippen molar-refractivity contribution in [3.05, 3.63) is 42.7 Å². The van der Waals surface area contributed by atoms with Crippen LogP contribution in [0.2, 0.25) is 0 Å². The second-order valence-electron chi connectivity index (χ2n) is 3.82. The van der Waals surface area contributed by atoms with Crippen LogP contribution in [0.5, 0.6) is 11.8 Å². The lowest BCUT2D eigenvalue weighted by molar-refractivity contribution is -0.140. The van der Waals surface area contributed by atoms with Gasteiger partial charge in [-0.3, -0.25) is 4.79 Å². The highest BCUT2D eigenvalue weighted by molar-refractivity contribution is 5.74. The summed E-state index contributed by atoms with van der Waals surface area (Å²) in [5, 5.41) is 2.96. The summed E-state index contributed by atoms with van der Waals surface area (Å²) in [5.41, 5.74) is 0.805. The molecule has 0 aliphatic rings. The number of carbonyl (C=O) groups excluding carboxylic acids is 1. The molecule has 2 aromatic rings. The van der Waals surface area contributed by atoms with Gasteiger partial charge in [0.05, 0.1) is 6.61 Å². The molecular formula is C14H15N3O3. The number of carbonyl (C=O) groups is 1. The molecular weight excluding hydrogens is 258 g/mol. The fraction of sp³-hybridized carbons (Fsp3) is 0.214. The van der Waals surface area contributed by atoms with E-state index in [0.717, 1.165) is 5.69 Å². The minimum Gasteiger partial charge on any atom is -0.465 e. The van der Waals surface area contributed by atoms with E-state index in [0.29, 0.717) is 18.4 Å². The van der Waals surface area contributed by atoms with Crippen molar-refractivity contribution in [2.75, 3.05) is 18.5 Å². The van der Waals surface area contributed by atoms with Crippen LogP contribution in [0.25, 0.3) is 0 Å². The molecule has 2 rings (SSSR count). The summed E-state index contributed by atoms with van der Waals surface area (Å²) in [7, 11) is 0. The predicted octanol–water partition coefficient (Wildman–Crippen LogP) is 2.24. The molecule has 0 radical (unpaired) electrons. The Kier molecular flexibility index (Phi) is 4.88. The number of hydrogen-bond donors (Lipinski definition) is 1. The van der Waals surface area contributed by atoms with E-state index < -0.39 is 0 Å². The molecule has 0 amide bonds. The molecule has 1 aromatic carbocycles. The van der Waals surface area contributed by atoms with Gasteiger partial charge in [0.1, 0.15) is 12.3 Å². The number of benzene rings is 1. The summed E-state index contributed by atoms with van der Waals surface area (Å²) >= 11 is 0. The molecule has 0 saturated carbocycles. The van der Waals surface area contributed by atoms with Crippen molar-refractivity contribution in [1.82, 2.24) is 9.97 Å². The Balaban J connectivity index is 1.88. The number of esters is 1. The Bertz CT molecular complexity index is 543. The standard InChI is InChI=1S/C14H15N3O3/c1-2-19-13(18)10-17-11-4-6-12(7-5-11)20-14-15-8-3-9-16-14/h3-9,17H,2,10H2,1H3. The van der Waals surface area contributed by atoms with Gasteiger partial charge in [-0.25, -0.2) is 9.97 Å². The molecule has 1 N–H and O–H groups in total. The number of nitrogens with zero attached hydrogens (tertiary/aromatic N) is 2. The summed E-state index contributed by atoms with van der Waals surface area (Å²) in [6, 6.07) is 9.15. The summed E-state index contributed by atoms with van der Waals surface area (Å²) in [5.74, 6) is 0.336. The second-order valence-corrected chi connectivity index (χ2v) is 3.82. The molecule has 0 aliphatic heterocycles. The molecule has 0 atom stereocenters. The summed E-state index contributed by atoms with van der Waals surface area (Å²) in [4.78, 5) is 19.1. The fourth-order valence-corrected chi connectivity index (χ4v) is 1.47. The lowest BCUT2D eigenvalue weighted by atomic mass is 10.3. The van der Waals surface area contributed by atoms with Crippen molar-refractivity contribution >= 4 is 11.7 Å². The first-order valence-corrected chi connectivity index (χ1v) is 6.22. The third kappa shape index (κ3) is 4.24. The lowest BCUT2D eigenvalue weighted by Gasteiger charge is -2.07. The van der Waals surface area contributed by atoms with Gasteiger partial charge in [0.2, 0.25) is 0 Å². The van der Waals surface area contributed by atoms with Crippen molar-refractivity contribution < 1.29 is 14.3 Å². The zero-order valence-corrected chi connectivity index (χ0v) is 11.1. The normalized spacial score (nSPS) is 9.85. The van der Waals surface area contributed by atoms with E-state index in [-0.39, 0.29) is 12.5 Å².